The van der Waals surface area contributed by atoms with E-state index in [0.29, 0.717) is 12.8 Å². The van der Waals surface area contributed by atoms with E-state index < -0.39 is 0 Å². The fraction of sp³-hybridized carbons (Fsp3) is 0.421. The van der Waals surface area contributed by atoms with Crippen LogP contribution in [0.25, 0.3) is 44.4 Å². The maximum Gasteiger partial charge on any atom is 0.305 e. The van der Waals surface area contributed by atoms with Crippen molar-refractivity contribution in [2.24, 2.45) is 0 Å². The van der Waals surface area contributed by atoms with E-state index in [9.17, 15) is 9.59 Å². The summed E-state index contributed by atoms with van der Waals surface area (Å²) >= 11 is 0. The first-order chi connectivity index (χ1) is 22.9. The zero-order valence-corrected chi connectivity index (χ0v) is 29.6. The van der Waals surface area contributed by atoms with Gasteiger partial charge in [0.2, 0.25) is 0 Å². The molecular weight excluding hydrogens is 608 g/mol. The summed E-state index contributed by atoms with van der Waals surface area (Å²) in [6.07, 6.45) is 1.02. The SMILES string of the molecule is COC(=O)CCC1=C(C)c2cc3nc(cc4[nH]c(cc5[nH]c(cc1n2)c(CCC(=O)OC)c5C)c(C(C)OC)c4C)C(C(C)OC)=C3C. The van der Waals surface area contributed by atoms with Crippen molar-refractivity contribution in [1.82, 2.24) is 19.9 Å². The normalized spacial score (nSPS) is 14.4. The largest absolute Gasteiger partial charge is 0.469 e. The number of H-pyrrole nitrogens is 2. The number of hydrogen-bond donors (Lipinski definition) is 2. The number of nitrogens with zero attached hydrogens (tertiary/aromatic N) is 2. The molecule has 2 aliphatic heterocycles. The van der Waals surface area contributed by atoms with Gasteiger partial charge in [-0.05, 0) is 112 Å². The Kier molecular flexibility index (Phi) is 10.4. The van der Waals surface area contributed by atoms with Crippen molar-refractivity contribution in [3.63, 3.8) is 0 Å². The third-order valence-electron chi connectivity index (χ3n) is 9.77. The smallest absolute Gasteiger partial charge is 0.305 e. The number of ether oxygens (including phenoxy) is 4. The molecule has 3 aromatic rings. The number of allylic oxidation sites excluding steroid dienone is 3. The van der Waals surface area contributed by atoms with Gasteiger partial charge in [0, 0.05) is 60.3 Å². The molecule has 3 aromatic heterocycles. The molecule has 0 fully saturated rings. The molecule has 2 atom stereocenters. The maximum absolute atomic E-state index is 12.3. The van der Waals surface area contributed by atoms with Crippen LogP contribution in [0.3, 0.4) is 0 Å². The molecule has 8 bridgehead atoms. The minimum Gasteiger partial charge on any atom is -0.469 e. The van der Waals surface area contributed by atoms with Crippen molar-refractivity contribution in [1.29, 1.82) is 0 Å². The Labute approximate surface area is 281 Å². The van der Waals surface area contributed by atoms with Crippen molar-refractivity contribution in [2.45, 2.75) is 79.4 Å². The first-order valence-corrected chi connectivity index (χ1v) is 16.3. The van der Waals surface area contributed by atoms with E-state index in [1.54, 1.807) is 14.2 Å². The van der Waals surface area contributed by atoms with Gasteiger partial charge in [0.25, 0.3) is 0 Å². The van der Waals surface area contributed by atoms with Crippen molar-refractivity contribution in [2.75, 3.05) is 28.4 Å². The quantitative estimate of drug-likeness (QED) is 0.214. The van der Waals surface area contributed by atoms with E-state index in [1.807, 2.05) is 32.9 Å². The van der Waals surface area contributed by atoms with Gasteiger partial charge in [-0.25, -0.2) is 9.97 Å². The van der Waals surface area contributed by atoms with Gasteiger partial charge in [-0.15, -0.1) is 0 Å². The van der Waals surface area contributed by atoms with Crippen LogP contribution in [0.5, 0.6) is 0 Å². The summed E-state index contributed by atoms with van der Waals surface area (Å²) in [4.78, 5) is 42.1. The summed E-state index contributed by atoms with van der Waals surface area (Å²) in [6.45, 7) is 12.3. The molecule has 0 amide bonds. The highest BCUT2D eigenvalue weighted by molar-refractivity contribution is 5.97. The van der Waals surface area contributed by atoms with Crippen LogP contribution in [0.2, 0.25) is 0 Å². The second-order valence-electron chi connectivity index (χ2n) is 12.4. The minimum absolute atomic E-state index is 0.181. The summed E-state index contributed by atoms with van der Waals surface area (Å²) in [5, 5.41) is 0. The molecule has 0 aliphatic carbocycles. The zero-order chi connectivity index (χ0) is 34.9. The molecule has 0 saturated carbocycles. The highest BCUT2D eigenvalue weighted by Gasteiger charge is 2.25. The lowest BCUT2D eigenvalue weighted by molar-refractivity contribution is -0.141. The molecule has 2 unspecified atom stereocenters. The van der Waals surface area contributed by atoms with Gasteiger partial charge in [0.1, 0.15) is 0 Å². The summed E-state index contributed by atoms with van der Waals surface area (Å²) < 4.78 is 21.6. The van der Waals surface area contributed by atoms with E-state index in [-0.39, 0.29) is 37.0 Å². The molecule has 5 heterocycles. The van der Waals surface area contributed by atoms with Gasteiger partial charge in [-0.1, -0.05) is 0 Å². The number of carbonyl (C=O) groups is 2. The third-order valence-corrected chi connectivity index (χ3v) is 9.77. The molecule has 5 rings (SSSR count). The van der Waals surface area contributed by atoms with Crippen LogP contribution in [0, 0.1) is 13.8 Å². The Morgan fingerprint density at radius 3 is 1.85 bits per heavy atom. The first kappa shape index (κ1) is 34.8. The van der Waals surface area contributed by atoms with Crippen molar-refractivity contribution < 1.29 is 28.5 Å². The van der Waals surface area contributed by atoms with Crippen LogP contribution in [0.1, 0.15) is 98.1 Å². The number of aromatic amines is 2. The number of aryl methyl sites for hydroxylation is 3. The number of aromatic nitrogens is 4. The average molecular weight is 655 g/mol. The van der Waals surface area contributed by atoms with E-state index in [1.165, 1.54) is 14.2 Å². The van der Waals surface area contributed by atoms with Crippen LogP contribution >= 0.6 is 0 Å². The standard InChI is InChI=1S/C38H46N4O6/c1-19-25(11-13-35(43)47-9)31-18-32-26(12-14-36(44)48-10)20(2)28(40-32)16-33-38(24(6)46-8)22(4)30(42-33)17-34-37(23(5)45-7)21(3)29(41-34)15-27(19)39-31/h15-18,23-24,40,42H,11-14H2,1-10H3. The van der Waals surface area contributed by atoms with E-state index in [2.05, 4.69) is 42.9 Å². The topological polar surface area (TPSA) is 128 Å². The van der Waals surface area contributed by atoms with Gasteiger partial charge in [0.05, 0.1) is 49.2 Å². The average Bonchev–Trinajstić information content (AvgIpc) is 3.74. The molecule has 254 valence electrons. The number of esters is 2. The lowest BCUT2D eigenvalue weighted by atomic mass is 9.99. The lowest BCUT2D eigenvalue weighted by Crippen LogP contribution is -2.07. The predicted molar refractivity (Wildman–Crippen MR) is 189 cm³/mol. The van der Waals surface area contributed by atoms with E-state index in [4.69, 9.17) is 28.9 Å². The lowest BCUT2D eigenvalue weighted by Gasteiger charge is -2.12. The molecule has 0 saturated heterocycles. The highest BCUT2D eigenvalue weighted by atomic mass is 16.5. The van der Waals surface area contributed by atoms with Gasteiger partial charge in [-0.3, -0.25) is 9.59 Å². The van der Waals surface area contributed by atoms with Crippen LogP contribution in [-0.4, -0.2) is 66.4 Å². The van der Waals surface area contributed by atoms with Gasteiger partial charge in [0.15, 0.2) is 0 Å². The van der Waals surface area contributed by atoms with Gasteiger partial charge >= 0.3 is 11.9 Å². The first-order valence-electron chi connectivity index (χ1n) is 16.3. The fourth-order valence-electron chi connectivity index (χ4n) is 6.72. The van der Waals surface area contributed by atoms with Crippen molar-refractivity contribution in [3.8, 4) is 0 Å². The molecular formula is C38H46N4O6. The van der Waals surface area contributed by atoms with Crippen LogP contribution in [-0.2, 0) is 35.0 Å². The zero-order valence-electron chi connectivity index (χ0n) is 29.6. The number of hydrogen-bond acceptors (Lipinski definition) is 8. The Morgan fingerprint density at radius 1 is 0.646 bits per heavy atom. The third kappa shape index (κ3) is 6.59. The number of fused-ring (bicyclic) bond motifs is 8. The monoisotopic (exact) mass is 654 g/mol. The highest BCUT2D eigenvalue weighted by Crippen LogP contribution is 2.38. The molecule has 2 aliphatic rings. The second kappa shape index (κ2) is 14.3. The molecule has 0 spiro atoms. The Hall–Kier alpha value is -4.54. The second-order valence-corrected chi connectivity index (χ2v) is 12.4. The van der Waals surface area contributed by atoms with Crippen LogP contribution < -0.4 is 0 Å². The number of nitrogens with one attached hydrogen (secondary N) is 2. The molecule has 10 nitrogen and oxygen atoms in total. The van der Waals surface area contributed by atoms with E-state index in [0.717, 1.165) is 89.4 Å². The summed E-state index contributed by atoms with van der Waals surface area (Å²) in [7, 11) is 6.21. The Bertz CT molecular complexity index is 2000. The molecule has 0 aromatic carbocycles. The van der Waals surface area contributed by atoms with E-state index >= 15 is 0 Å². The fourth-order valence-corrected chi connectivity index (χ4v) is 6.72. The summed E-state index contributed by atoms with van der Waals surface area (Å²) in [5.74, 6) is -0.566. The van der Waals surface area contributed by atoms with Crippen LogP contribution in [0.15, 0.2) is 24.3 Å². The Morgan fingerprint density at radius 2 is 1.21 bits per heavy atom. The molecule has 2 N–H and O–H groups in total. The number of methoxy groups -OCH3 is 4. The number of carbonyl (C=O) groups excluding carboxylic acids is 2. The molecule has 10 heteroatoms. The minimum atomic E-state index is -0.287. The summed E-state index contributed by atoms with van der Waals surface area (Å²) in [5.41, 5.74) is 14.8. The van der Waals surface area contributed by atoms with Crippen molar-refractivity contribution >= 4 is 56.3 Å². The van der Waals surface area contributed by atoms with Crippen LogP contribution in [0.4, 0.5) is 0 Å². The molecule has 48 heavy (non-hydrogen) atoms. The molecule has 0 radical (unpaired) electrons. The van der Waals surface area contributed by atoms with Gasteiger partial charge < -0.3 is 28.9 Å². The Balaban J connectivity index is 1.93. The summed E-state index contributed by atoms with van der Waals surface area (Å²) in [6, 6.07) is 8.22. The maximum atomic E-state index is 12.3. The number of rotatable bonds is 10. The van der Waals surface area contributed by atoms with Crippen molar-refractivity contribution in [3.05, 3.63) is 69.3 Å². The van der Waals surface area contributed by atoms with Gasteiger partial charge in [-0.2, -0.15) is 0 Å². The predicted octanol–water partition coefficient (Wildman–Crippen LogP) is 7.59.